The first-order chi connectivity index (χ1) is 11.3. The fraction of sp³-hybridized carbons (Fsp3) is 0.500. The number of nitrogens with one attached hydrogen (secondary N) is 1. The molecule has 6 heteroatoms. The number of carbonyl (C=O) groups excluding carboxylic acids is 3. The minimum atomic E-state index is -0.637. The predicted molar refractivity (Wildman–Crippen MR) is 87.2 cm³/mol. The largest absolute Gasteiger partial charge is 0.439 e. The van der Waals surface area contributed by atoms with Crippen LogP contribution in [0.5, 0.6) is 0 Å². The van der Waals surface area contributed by atoms with Gasteiger partial charge in [-0.1, -0.05) is 45.0 Å². The fourth-order valence-electron chi connectivity index (χ4n) is 3.34. The molecule has 0 bridgehead atoms. The van der Waals surface area contributed by atoms with Gasteiger partial charge in [-0.25, -0.2) is 4.79 Å². The summed E-state index contributed by atoms with van der Waals surface area (Å²) in [6, 6.07) is 7.26. The van der Waals surface area contributed by atoms with Crippen LogP contribution < -0.4 is 5.32 Å². The minimum absolute atomic E-state index is 0.0783. The summed E-state index contributed by atoms with van der Waals surface area (Å²) in [7, 11) is 0. The lowest BCUT2D eigenvalue weighted by molar-refractivity contribution is -0.136. The van der Waals surface area contributed by atoms with E-state index in [1.165, 1.54) is 4.90 Å². The van der Waals surface area contributed by atoms with Crippen LogP contribution in [0.2, 0.25) is 0 Å². The maximum absolute atomic E-state index is 12.3. The average Bonchev–Trinajstić information content (AvgIpc) is 2.88. The molecular weight excluding hydrogens is 308 g/mol. The van der Waals surface area contributed by atoms with E-state index in [4.69, 9.17) is 4.74 Å². The van der Waals surface area contributed by atoms with Crippen molar-refractivity contribution in [1.29, 1.82) is 0 Å². The van der Waals surface area contributed by atoms with Crippen molar-refractivity contribution in [2.24, 2.45) is 0 Å². The van der Waals surface area contributed by atoms with Gasteiger partial charge < -0.3 is 4.74 Å². The van der Waals surface area contributed by atoms with E-state index >= 15 is 0 Å². The molecule has 0 radical (unpaired) electrons. The van der Waals surface area contributed by atoms with Gasteiger partial charge in [0.15, 0.2) is 0 Å². The Morgan fingerprint density at radius 1 is 1.17 bits per heavy atom. The van der Waals surface area contributed by atoms with Crippen molar-refractivity contribution >= 4 is 17.9 Å². The van der Waals surface area contributed by atoms with Crippen LogP contribution in [-0.2, 0) is 19.7 Å². The number of cyclic esters (lactones) is 1. The molecule has 2 saturated heterocycles. The summed E-state index contributed by atoms with van der Waals surface area (Å²) >= 11 is 0. The maximum Gasteiger partial charge on any atom is 0.411 e. The third kappa shape index (κ3) is 3.00. The van der Waals surface area contributed by atoms with Crippen LogP contribution in [0.4, 0.5) is 4.79 Å². The summed E-state index contributed by atoms with van der Waals surface area (Å²) in [5.41, 5.74) is 2.01. The number of carbonyl (C=O) groups is 3. The second-order valence-electron chi connectivity index (χ2n) is 7.33. The number of imide groups is 1. The number of rotatable bonds is 2. The molecule has 3 amide bonds. The van der Waals surface area contributed by atoms with E-state index in [-0.39, 0.29) is 17.7 Å². The van der Waals surface area contributed by atoms with Crippen LogP contribution in [0, 0.1) is 0 Å². The van der Waals surface area contributed by atoms with Crippen LogP contribution in [0.1, 0.15) is 50.8 Å². The second kappa shape index (κ2) is 5.92. The van der Waals surface area contributed by atoms with Crippen LogP contribution in [-0.4, -0.2) is 35.4 Å². The Morgan fingerprint density at radius 3 is 2.54 bits per heavy atom. The Bertz CT molecular complexity index is 693. The molecule has 24 heavy (non-hydrogen) atoms. The van der Waals surface area contributed by atoms with Crippen molar-refractivity contribution in [3.8, 4) is 0 Å². The molecule has 0 saturated carbocycles. The Morgan fingerprint density at radius 2 is 1.88 bits per heavy atom. The average molecular weight is 330 g/mol. The van der Waals surface area contributed by atoms with Gasteiger partial charge in [0.2, 0.25) is 11.8 Å². The Balaban J connectivity index is 1.83. The topological polar surface area (TPSA) is 75.7 Å². The molecule has 2 atom stereocenters. The highest BCUT2D eigenvalue weighted by Gasteiger charge is 2.42. The standard InChI is InChI=1S/C18H22N2O4/c1-18(2,3)12-7-5-4-6-11(12)14-10-20(17(23)24-14)13-8-9-15(21)19-16(13)22/h4-7,13-14H,8-10H2,1-3H3,(H,19,21,22). The van der Waals surface area contributed by atoms with E-state index in [0.717, 1.165) is 11.1 Å². The van der Waals surface area contributed by atoms with Crippen molar-refractivity contribution in [3.63, 3.8) is 0 Å². The first-order valence-electron chi connectivity index (χ1n) is 8.17. The van der Waals surface area contributed by atoms with Gasteiger partial charge in [0.1, 0.15) is 12.1 Å². The van der Waals surface area contributed by atoms with Crippen LogP contribution in [0.25, 0.3) is 0 Å². The smallest absolute Gasteiger partial charge is 0.411 e. The number of benzene rings is 1. The lowest BCUT2D eigenvalue weighted by Gasteiger charge is -2.28. The highest BCUT2D eigenvalue weighted by Crippen LogP contribution is 2.35. The molecule has 0 aromatic heterocycles. The molecular formula is C18H22N2O4. The Kier molecular flexibility index (Phi) is 4.07. The van der Waals surface area contributed by atoms with Gasteiger partial charge in [-0.2, -0.15) is 0 Å². The summed E-state index contributed by atoms with van der Waals surface area (Å²) in [5.74, 6) is -0.716. The zero-order chi connectivity index (χ0) is 17.5. The van der Waals surface area contributed by atoms with Gasteiger partial charge in [0.05, 0.1) is 6.54 Å². The van der Waals surface area contributed by atoms with Crippen molar-refractivity contribution in [2.45, 2.75) is 51.2 Å². The highest BCUT2D eigenvalue weighted by molar-refractivity contribution is 6.01. The van der Waals surface area contributed by atoms with Gasteiger partial charge >= 0.3 is 6.09 Å². The molecule has 2 aliphatic heterocycles. The predicted octanol–water partition coefficient (Wildman–Crippen LogP) is 2.28. The van der Waals surface area contributed by atoms with E-state index in [1.807, 2.05) is 24.3 Å². The number of piperidine rings is 1. The SMILES string of the molecule is CC(C)(C)c1ccccc1C1CN(C2CCC(=O)NC2=O)C(=O)O1. The molecule has 128 valence electrons. The molecule has 2 heterocycles. The molecule has 2 fully saturated rings. The first kappa shape index (κ1) is 16.5. The van der Waals surface area contributed by atoms with Crippen molar-refractivity contribution in [2.75, 3.05) is 6.54 Å². The molecule has 0 aliphatic carbocycles. The maximum atomic E-state index is 12.3. The zero-order valence-corrected chi connectivity index (χ0v) is 14.2. The van der Waals surface area contributed by atoms with E-state index in [0.29, 0.717) is 13.0 Å². The normalized spacial score (nSPS) is 24.8. The van der Waals surface area contributed by atoms with E-state index in [9.17, 15) is 14.4 Å². The third-order valence-corrected chi connectivity index (χ3v) is 4.54. The van der Waals surface area contributed by atoms with Gasteiger partial charge in [-0.3, -0.25) is 19.8 Å². The molecule has 1 aromatic carbocycles. The first-order valence-corrected chi connectivity index (χ1v) is 8.17. The van der Waals surface area contributed by atoms with Crippen molar-refractivity contribution in [3.05, 3.63) is 35.4 Å². The fourth-order valence-corrected chi connectivity index (χ4v) is 3.34. The summed E-state index contributed by atoms with van der Waals surface area (Å²) in [4.78, 5) is 37.0. The molecule has 1 aromatic rings. The Labute approximate surface area is 141 Å². The lowest BCUT2D eigenvalue weighted by Crippen LogP contribution is -2.52. The Hall–Kier alpha value is -2.37. The number of amides is 3. The van der Waals surface area contributed by atoms with Crippen LogP contribution in [0.3, 0.4) is 0 Å². The van der Waals surface area contributed by atoms with E-state index in [1.54, 1.807) is 0 Å². The summed E-state index contributed by atoms with van der Waals surface area (Å²) in [5, 5.41) is 2.29. The third-order valence-electron chi connectivity index (χ3n) is 4.54. The monoisotopic (exact) mass is 330 g/mol. The lowest BCUT2D eigenvalue weighted by atomic mass is 9.82. The molecule has 1 N–H and O–H groups in total. The van der Waals surface area contributed by atoms with Crippen molar-refractivity contribution < 1.29 is 19.1 Å². The zero-order valence-electron chi connectivity index (χ0n) is 14.2. The number of nitrogens with zero attached hydrogens (tertiary/aromatic N) is 1. The van der Waals surface area contributed by atoms with Crippen LogP contribution >= 0.6 is 0 Å². The molecule has 0 spiro atoms. The van der Waals surface area contributed by atoms with Gasteiger partial charge in [0, 0.05) is 6.42 Å². The van der Waals surface area contributed by atoms with Gasteiger partial charge in [-0.15, -0.1) is 0 Å². The summed E-state index contributed by atoms with van der Waals surface area (Å²) in [6.07, 6.45) is -0.326. The summed E-state index contributed by atoms with van der Waals surface area (Å²) in [6.45, 7) is 6.65. The highest BCUT2D eigenvalue weighted by atomic mass is 16.6. The quantitative estimate of drug-likeness (QED) is 0.844. The number of hydrogen-bond acceptors (Lipinski definition) is 4. The molecule has 2 aliphatic rings. The van der Waals surface area contributed by atoms with Crippen LogP contribution in [0.15, 0.2) is 24.3 Å². The molecule has 2 unspecified atom stereocenters. The van der Waals surface area contributed by atoms with Gasteiger partial charge in [0.25, 0.3) is 0 Å². The molecule has 3 rings (SSSR count). The summed E-state index contributed by atoms with van der Waals surface area (Å²) < 4.78 is 5.55. The number of hydrogen-bond donors (Lipinski definition) is 1. The minimum Gasteiger partial charge on any atom is -0.439 e. The van der Waals surface area contributed by atoms with E-state index in [2.05, 4.69) is 26.1 Å². The molecule has 6 nitrogen and oxygen atoms in total. The van der Waals surface area contributed by atoms with Crippen molar-refractivity contribution in [1.82, 2.24) is 10.2 Å². The van der Waals surface area contributed by atoms with E-state index < -0.39 is 24.1 Å². The van der Waals surface area contributed by atoms with Gasteiger partial charge in [-0.05, 0) is 23.0 Å². The second-order valence-corrected chi connectivity index (χ2v) is 7.33. The number of ether oxygens (including phenoxy) is 1.